The molecule has 2 nitrogen and oxygen atoms in total. The maximum absolute atomic E-state index is 13.2. The predicted molar refractivity (Wildman–Crippen MR) is 77.7 cm³/mol. The van der Waals surface area contributed by atoms with Gasteiger partial charge in [0.1, 0.15) is 11.3 Å². The van der Waals surface area contributed by atoms with Crippen molar-refractivity contribution in [2.45, 2.75) is 11.0 Å². The Kier molecular flexibility index (Phi) is 3.57. The second kappa shape index (κ2) is 5.35. The number of fused-ring (bicyclic) bond motifs is 1. The Labute approximate surface area is 122 Å². The maximum atomic E-state index is 13.2. The van der Waals surface area contributed by atoms with E-state index in [9.17, 15) is 4.39 Å². The molecule has 0 spiro atoms. The molecule has 96 valence electrons. The molecule has 0 saturated heterocycles. The van der Waals surface area contributed by atoms with Crippen LogP contribution in [0.15, 0.2) is 56.6 Å². The molecule has 0 N–H and O–H groups in total. The van der Waals surface area contributed by atoms with Crippen molar-refractivity contribution >= 4 is 38.8 Å². The lowest BCUT2D eigenvalue weighted by atomic mass is 10.2. The number of benzene rings is 2. The van der Waals surface area contributed by atoms with Crippen LogP contribution < -0.4 is 0 Å². The van der Waals surface area contributed by atoms with Gasteiger partial charge in [0.2, 0.25) is 0 Å². The van der Waals surface area contributed by atoms with Crippen LogP contribution in [-0.4, -0.2) is 4.98 Å². The standard InChI is InChI=1S/C14H9BrFNOS/c15-10-5-9(6-11(16)7-10)8-19-14-17-12-3-1-2-4-13(12)18-14/h1-7H,8H2. The lowest BCUT2D eigenvalue weighted by Crippen LogP contribution is -1.84. The molecular formula is C14H9BrFNOS. The average Bonchev–Trinajstić information content (AvgIpc) is 2.78. The zero-order valence-electron chi connectivity index (χ0n) is 9.77. The van der Waals surface area contributed by atoms with Crippen molar-refractivity contribution in [3.8, 4) is 0 Å². The number of rotatable bonds is 3. The first-order valence-electron chi connectivity index (χ1n) is 5.64. The lowest BCUT2D eigenvalue weighted by Gasteiger charge is -2.00. The third-order valence-corrected chi connectivity index (χ3v) is 3.92. The summed E-state index contributed by atoms with van der Waals surface area (Å²) < 4.78 is 19.6. The molecule has 1 aromatic heterocycles. The van der Waals surface area contributed by atoms with E-state index >= 15 is 0 Å². The third-order valence-electron chi connectivity index (χ3n) is 2.56. The fourth-order valence-corrected chi connectivity index (χ4v) is 3.03. The van der Waals surface area contributed by atoms with Gasteiger partial charge >= 0.3 is 0 Å². The maximum Gasteiger partial charge on any atom is 0.257 e. The van der Waals surface area contributed by atoms with Crippen LogP contribution >= 0.6 is 27.7 Å². The molecule has 2 aromatic carbocycles. The highest BCUT2D eigenvalue weighted by Gasteiger charge is 2.07. The number of hydrogen-bond donors (Lipinski definition) is 0. The zero-order valence-corrected chi connectivity index (χ0v) is 12.2. The molecule has 19 heavy (non-hydrogen) atoms. The smallest absolute Gasteiger partial charge is 0.257 e. The van der Waals surface area contributed by atoms with E-state index in [0.717, 1.165) is 21.1 Å². The fourth-order valence-electron chi connectivity index (χ4n) is 1.75. The lowest BCUT2D eigenvalue weighted by molar-refractivity contribution is 0.489. The Morgan fingerprint density at radius 1 is 1.21 bits per heavy atom. The van der Waals surface area contributed by atoms with Crippen molar-refractivity contribution in [2.75, 3.05) is 0 Å². The molecule has 3 aromatic rings. The first-order valence-corrected chi connectivity index (χ1v) is 7.42. The molecule has 0 aliphatic heterocycles. The fraction of sp³-hybridized carbons (Fsp3) is 0.0714. The number of nitrogens with zero attached hydrogens (tertiary/aromatic N) is 1. The second-order valence-electron chi connectivity index (χ2n) is 4.01. The summed E-state index contributed by atoms with van der Waals surface area (Å²) in [6.07, 6.45) is 0. The van der Waals surface area contributed by atoms with Crippen molar-refractivity contribution in [2.24, 2.45) is 0 Å². The van der Waals surface area contributed by atoms with Gasteiger partial charge in [-0.3, -0.25) is 0 Å². The Hall–Kier alpha value is -1.33. The van der Waals surface area contributed by atoms with E-state index in [1.165, 1.54) is 23.9 Å². The summed E-state index contributed by atoms with van der Waals surface area (Å²) in [4.78, 5) is 4.36. The van der Waals surface area contributed by atoms with E-state index in [2.05, 4.69) is 20.9 Å². The van der Waals surface area contributed by atoms with E-state index in [0.29, 0.717) is 11.0 Å². The van der Waals surface area contributed by atoms with Crippen molar-refractivity contribution < 1.29 is 8.81 Å². The van der Waals surface area contributed by atoms with E-state index < -0.39 is 0 Å². The van der Waals surface area contributed by atoms with Crippen molar-refractivity contribution in [3.05, 3.63) is 58.3 Å². The molecule has 5 heteroatoms. The molecule has 0 amide bonds. The summed E-state index contributed by atoms with van der Waals surface area (Å²) in [6, 6.07) is 12.5. The molecular weight excluding hydrogens is 329 g/mol. The summed E-state index contributed by atoms with van der Waals surface area (Å²) in [5.74, 6) is 0.367. The van der Waals surface area contributed by atoms with E-state index in [1.807, 2.05) is 30.3 Å². The van der Waals surface area contributed by atoms with Crippen molar-refractivity contribution in [3.63, 3.8) is 0 Å². The molecule has 0 bridgehead atoms. The van der Waals surface area contributed by atoms with Gasteiger partial charge in [0, 0.05) is 10.2 Å². The number of thioether (sulfide) groups is 1. The number of halogens is 2. The van der Waals surface area contributed by atoms with Gasteiger partial charge in [-0.05, 0) is 35.9 Å². The van der Waals surface area contributed by atoms with Crippen LogP contribution in [0.5, 0.6) is 0 Å². The Bertz CT molecular complexity index is 675. The Morgan fingerprint density at radius 3 is 2.84 bits per heavy atom. The molecule has 0 saturated carbocycles. The molecule has 0 unspecified atom stereocenters. The number of para-hydroxylation sites is 2. The van der Waals surface area contributed by atoms with Crippen LogP contribution in [0.2, 0.25) is 0 Å². The highest BCUT2D eigenvalue weighted by Crippen LogP contribution is 2.27. The first-order chi connectivity index (χ1) is 9.20. The van der Waals surface area contributed by atoms with Crippen LogP contribution in [0.4, 0.5) is 4.39 Å². The van der Waals surface area contributed by atoms with Crippen LogP contribution in [0.1, 0.15) is 5.56 Å². The van der Waals surface area contributed by atoms with Gasteiger partial charge in [-0.25, -0.2) is 9.37 Å². The molecule has 0 atom stereocenters. The predicted octanol–water partition coefficient (Wildman–Crippen LogP) is 5.02. The zero-order chi connectivity index (χ0) is 13.2. The molecule has 0 aliphatic rings. The van der Waals surface area contributed by atoms with Crippen LogP contribution in [0.3, 0.4) is 0 Å². The minimum atomic E-state index is -0.248. The highest BCUT2D eigenvalue weighted by molar-refractivity contribution is 9.10. The number of hydrogen-bond acceptors (Lipinski definition) is 3. The van der Waals surface area contributed by atoms with Gasteiger partial charge < -0.3 is 4.42 Å². The minimum Gasteiger partial charge on any atom is -0.431 e. The largest absolute Gasteiger partial charge is 0.431 e. The van der Waals surface area contributed by atoms with Gasteiger partial charge in [-0.2, -0.15) is 0 Å². The SMILES string of the molecule is Fc1cc(Br)cc(CSc2nc3ccccc3o2)c1. The monoisotopic (exact) mass is 337 g/mol. The van der Waals surface area contributed by atoms with Gasteiger partial charge in [-0.15, -0.1) is 0 Å². The van der Waals surface area contributed by atoms with Gasteiger partial charge in [0.15, 0.2) is 5.58 Å². The number of aromatic nitrogens is 1. The summed E-state index contributed by atoms with van der Waals surface area (Å²) in [5, 5.41) is 0.599. The third kappa shape index (κ3) is 2.98. The second-order valence-corrected chi connectivity index (χ2v) is 5.86. The summed E-state index contributed by atoms with van der Waals surface area (Å²) in [5.41, 5.74) is 2.50. The Morgan fingerprint density at radius 2 is 2.05 bits per heavy atom. The van der Waals surface area contributed by atoms with E-state index in [4.69, 9.17) is 4.42 Å². The van der Waals surface area contributed by atoms with Crippen molar-refractivity contribution in [1.82, 2.24) is 4.98 Å². The first kappa shape index (κ1) is 12.7. The summed E-state index contributed by atoms with van der Waals surface area (Å²) in [7, 11) is 0. The number of oxazole rings is 1. The summed E-state index contributed by atoms with van der Waals surface area (Å²) in [6.45, 7) is 0. The normalized spacial score (nSPS) is 11.1. The quantitative estimate of drug-likeness (QED) is 0.627. The molecule has 0 aliphatic carbocycles. The molecule has 0 fully saturated rings. The van der Waals surface area contributed by atoms with Crippen LogP contribution in [0.25, 0.3) is 11.1 Å². The highest BCUT2D eigenvalue weighted by atomic mass is 79.9. The van der Waals surface area contributed by atoms with Crippen LogP contribution in [-0.2, 0) is 5.75 Å². The molecule has 3 rings (SSSR count). The molecule has 0 radical (unpaired) electrons. The molecule has 1 heterocycles. The van der Waals surface area contributed by atoms with Gasteiger partial charge in [-0.1, -0.05) is 39.8 Å². The minimum absolute atomic E-state index is 0.248. The van der Waals surface area contributed by atoms with Crippen molar-refractivity contribution in [1.29, 1.82) is 0 Å². The van der Waals surface area contributed by atoms with Gasteiger partial charge in [0.05, 0.1) is 0 Å². The van der Waals surface area contributed by atoms with E-state index in [-0.39, 0.29) is 5.82 Å². The summed E-state index contributed by atoms with van der Waals surface area (Å²) >= 11 is 4.73. The van der Waals surface area contributed by atoms with E-state index in [1.54, 1.807) is 0 Å². The van der Waals surface area contributed by atoms with Crippen LogP contribution in [0, 0.1) is 5.82 Å². The van der Waals surface area contributed by atoms with Gasteiger partial charge in [0.25, 0.3) is 5.22 Å². The average molecular weight is 338 g/mol. The Balaban J connectivity index is 1.78. The topological polar surface area (TPSA) is 26.0 Å².